The molecule has 4 heteroatoms. The highest BCUT2D eigenvalue weighted by molar-refractivity contribution is 5.97. The molecule has 0 bridgehead atoms. The van der Waals surface area contributed by atoms with E-state index in [1.807, 2.05) is 13.8 Å². The van der Waals surface area contributed by atoms with Crippen LogP contribution in [0.15, 0.2) is 18.2 Å². The highest BCUT2D eigenvalue weighted by Gasteiger charge is 2.31. The van der Waals surface area contributed by atoms with Gasteiger partial charge in [-0.05, 0) is 44.0 Å². The molecule has 1 rings (SSSR count). The predicted octanol–water partition coefficient (Wildman–Crippen LogP) is 2.45. The molecule has 0 radical (unpaired) electrons. The summed E-state index contributed by atoms with van der Waals surface area (Å²) in [4.78, 5) is 12.0. The fourth-order valence-corrected chi connectivity index (χ4v) is 1.44. The quantitative estimate of drug-likeness (QED) is 0.791. The predicted molar refractivity (Wildman–Crippen MR) is 67.2 cm³/mol. The van der Waals surface area contributed by atoms with E-state index in [1.54, 1.807) is 25.1 Å². The Labute approximate surface area is 102 Å². The average molecular weight is 237 g/mol. The van der Waals surface area contributed by atoms with Gasteiger partial charge in [0, 0.05) is 12.8 Å². The summed E-state index contributed by atoms with van der Waals surface area (Å²) < 4.78 is 5.22. The molecular formula is C13H19NO3. The fraction of sp³-hybridized carbons (Fsp3) is 0.462. The molecule has 0 aliphatic carbocycles. The van der Waals surface area contributed by atoms with Crippen molar-refractivity contribution in [1.29, 1.82) is 0 Å². The van der Waals surface area contributed by atoms with Crippen LogP contribution in [0.2, 0.25) is 0 Å². The molecule has 0 heterocycles. The number of nitrogens with one attached hydrogen (secondary N) is 1. The Morgan fingerprint density at radius 2 is 2.18 bits per heavy atom. The van der Waals surface area contributed by atoms with Gasteiger partial charge in [0.05, 0.1) is 0 Å². The lowest BCUT2D eigenvalue weighted by atomic mass is 10.0. The summed E-state index contributed by atoms with van der Waals surface area (Å²) in [5.74, 6) is 0.00165. The van der Waals surface area contributed by atoms with Crippen LogP contribution in [0.1, 0.15) is 25.8 Å². The Hall–Kier alpha value is -1.55. The van der Waals surface area contributed by atoms with Gasteiger partial charge in [0.25, 0.3) is 5.91 Å². The van der Waals surface area contributed by atoms with Crippen LogP contribution in [0, 0.1) is 6.92 Å². The monoisotopic (exact) mass is 237 g/mol. The number of phenolic OH excluding ortho intramolecular Hbond substituents is 1. The first-order chi connectivity index (χ1) is 7.92. The lowest BCUT2D eigenvalue weighted by Gasteiger charge is -2.25. The molecule has 0 spiro atoms. The molecule has 1 aromatic rings. The second-order valence-electron chi connectivity index (χ2n) is 4.24. The highest BCUT2D eigenvalue weighted by Crippen LogP contribution is 2.23. The molecule has 17 heavy (non-hydrogen) atoms. The summed E-state index contributed by atoms with van der Waals surface area (Å²) in [7, 11) is 1.52. The van der Waals surface area contributed by atoms with Crippen molar-refractivity contribution >= 4 is 11.6 Å². The van der Waals surface area contributed by atoms with Crippen molar-refractivity contribution in [3.8, 4) is 5.75 Å². The zero-order chi connectivity index (χ0) is 13.1. The average Bonchev–Trinajstić information content (AvgIpc) is 2.31. The van der Waals surface area contributed by atoms with E-state index in [4.69, 9.17) is 4.74 Å². The largest absolute Gasteiger partial charge is 0.508 e. The first-order valence-corrected chi connectivity index (χ1v) is 5.59. The molecule has 1 unspecified atom stereocenters. The molecule has 1 atom stereocenters. The van der Waals surface area contributed by atoms with Gasteiger partial charge < -0.3 is 15.2 Å². The number of phenols is 1. The Morgan fingerprint density at radius 3 is 2.65 bits per heavy atom. The maximum atomic E-state index is 12.0. The van der Waals surface area contributed by atoms with Gasteiger partial charge >= 0.3 is 0 Å². The minimum Gasteiger partial charge on any atom is -0.508 e. The van der Waals surface area contributed by atoms with Crippen molar-refractivity contribution < 1.29 is 14.6 Å². The summed E-state index contributed by atoms with van der Waals surface area (Å²) in [6.07, 6.45) is 0.590. The molecule has 0 aliphatic heterocycles. The number of amides is 1. The molecule has 1 aromatic carbocycles. The van der Waals surface area contributed by atoms with Crippen molar-refractivity contribution in [3.05, 3.63) is 23.8 Å². The second-order valence-corrected chi connectivity index (χ2v) is 4.24. The molecule has 0 aromatic heterocycles. The van der Waals surface area contributed by atoms with Crippen LogP contribution >= 0.6 is 0 Å². The number of aryl methyl sites for hydroxylation is 1. The SMILES string of the molecule is CCC(C)(OC)C(=O)Nc1ccc(O)cc1C. The van der Waals surface area contributed by atoms with Crippen LogP contribution in [0.5, 0.6) is 5.75 Å². The van der Waals surface area contributed by atoms with Crippen LogP contribution in [0.25, 0.3) is 0 Å². The third-order valence-corrected chi connectivity index (χ3v) is 3.06. The molecule has 2 N–H and O–H groups in total. The van der Waals surface area contributed by atoms with Crippen LogP contribution in [-0.2, 0) is 9.53 Å². The van der Waals surface area contributed by atoms with E-state index in [0.29, 0.717) is 12.1 Å². The number of hydrogen-bond acceptors (Lipinski definition) is 3. The van der Waals surface area contributed by atoms with Crippen molar-refractivity contribution in [2.45, 2.75) is 32.8 Å². The lowest BCUT2D eigenvalue weighted by molar-refractivity contribution is -0.136. The van der Waals surface area contributed by atoms with Gasteiger partial charge in [-0.2, -0.15) is 0 Å². The lowest BCUT2D eigenvalue weighted by Crippen LogP contribution is -2.41. The number of anilines is 1. The third kappa shape index (κ3) is 2.97. The number of carbonyl (C=O) groups is 1. The Balaban J connectivity index is 2.88. The van der Waals surface area contributed by atoms with E-state index in [2.05, 4.69) is 5.32 Å². The smallest absolute Gasteiger partial charge is 0.256 e. The number of rotatable bonds is 4. The molecule has 1 amide bonds. The maximum Gasteiger partial charge on any atom is 0.256 e. The molecular weight excluding hydrogens is 218 g/mol. The molecule has 0 fully saturated rings. The van der Waals surface area contributed by atoms with Crippen molar-refractivity contribution in [2.24, 2.45) is 0 Å². The van der Waals surface area contributed by atoms with Gasteiger partial charge in [0.15, 0.2) is 0 Å². The van der Waals surface area contributed by atoms with Crippen molar-refractivity contribution in [3.63, 3.8) is 0 Å². The van der Waals surface area contributed by atoms with Crippen molar-refractivity contribution in [1.82, 2.24) is 0 Å². The Kier molecular flexibility index (Phi) is 4.12. The highest BCUT2D eigenvalue weighted by atomic mass is 16.5. The van der Waals surface area contributed by atoms with Gasteiger partial charge in [-0.25, -0.2) is 0 Å². The Morgan fingerprint density at radius 1 is 1.53 bits per heavy atom. The van der Waals surface area contributed by atoms with Crippen LogP contribution in [-0.4, -0.2) is 23.7 Å². The number of carbonyl (C=O) groups excluding carboxylic acids is 1. The normalized spacial score (nSPS) is 14.1. The van der Waals surface area contributed by atoms with E-state index in [9.17, 15) is 9.90 Å². The summed E-state index contributed by atoms with van der Waals surface area (Å²) in [6, 6.07) is 4.82. The number of benzene rings is 1. The van der Waals surface area contributed by atoms with Gasteiger partial charge in [0.1, 0.15) is 11.4 Å². The molecule has 94 valence electrons. The first-order valence-electron chi connectivity index (χ1n) is 5.59. The molecule has 0 aliphatic rings. The van der Waals surface area contributed by atoms with Gasteiger partial charge in [-0.3, -0.25) is 4.79 Å². The van der Waals surface area contributed by atoms with E-state index >= 15 is 0 Å². The summed E-state index contributed by atoms with van der Waals surface area (Å²) >= 11 is 0. The maximum absolute atomic E-state index is 12.0. The van der Waals surface area contributed by atoms with Gasteiger partial charge in [-0.1, -0.05) is 6.92 Å². The van der Waals surface area contributed by atoms with Gasteiger partial charge in [0.2, 0.25) is 0 Å². The second kappa shape index (κ2) is 5.19. The minimum absolute atomic E-state index is 0.184. The zero-order valence-electron chi connectivity index (χ0n) is 10.7. The fourth-order valence-electron chi connectivity index (χ4n) is 1.44. The van der Waals surface area contributed by atoms with E-state index in [1.165, 1.54) is 7.11 Å². The standard InChI is InChI=1S/C13H19NO3/c1-5-13(3,17-4)12(16)14-11-7-6-10(15)8-9(11)2/h6-8,15H,5H2,1-4H3,(H,14,16). The van der Waals surface area contributed by atoms with Crippen LogP contribution < -0.4 is 5.32 Å². The van der Waals surface area contributed by atoms with E-state index < -0.39 is 5.60 Å². The van der Waals surface area contributed by atoms with Gasteiger partial charge in [-0.15, -0.1) is 0 Å². The molecule has 4 nitrogen and oxygen atoms in total. The molecule has 0 saturated carbocycles. The van der Waals surface area contributed by atoms with E-state index in [0.717, 1.165) is 5.56 Å². The summed E-state index contributed by atoms with van der Waals surface area (Å²) in [5, 5.41) is 12.1. The first kappa shape index (κ1) is 13.5. The number of aromatic hydroxyl groups is 1. The Bertz CT molecular complexity index is 411. The van der Waals surface area contributed by atoms with Crippen LogP contribution in [0.3, 0.4) is 0 Å². The number of hydrogen-bond donors (Lipinski definition) is 2. The van der Waals surface area contributed by atoms with E-state index in [-0.39, 0.29) is 11.7 Å². The number of methoxy groups -OCH3 is 1. The number of ether oxygens (including phenoxy) is 1. The minimum atomic E-state index is -0.829. The zero-order valence-corrected chi connectivity index (χ0v) is 10.7. The van der Waals surface area contributed by atoms with Crippen molar-refractivity contribution in [2.75, 3.05) is 12.4 Å². The summed E-state index contributed by atoms with van der Waals surface area (Å²) in [6.45, 7) is 5.47. The molecule has 0 saturated heterocycles. The van der Waals surface area contributed by atoms with Crippen LogP contribution in [0.4, 0.5) is 5.69 Å². The third-order valence-electron chi connectivity index (χ3n) is 3.06. The summed E-state index contributed by atoms with van der Waals surface area (Å²) in [5.41, 5.74) is 0.669. The topological polar surface area (TPSA) is 58.6 Å².